The maximum atomic E-state index is 13.6. The van der Waals surface area contributed by atoms with Gasteiger partial charge in [-0.15, -0.1) is 0 Å². The van der Waals surface area contributed by atoms with Crippen LogP contribution in [0, 0.1) is 17.7 Å². The third-order valence-electron chi connectivity index (χ3n) is 5.37. The van der Waals surface area contributed by atoms with Crippen LogP contribution in [0.2, 0.25) is 0 Å². The Bertz CT molecular complexity index is 649. The molecule has 0 spiro atoms. The van der Waals surface area contributed by atoms with Crippen molar-refractivity contribution in [2.75, 3.05) is 33.0 Å². The van der Waals surface area contributed by atoms with Crippen LogP contribution in [0.15, 0.2) is 24.3 Å². The number of ether oxygens (including phenoxy) is 2. The molecule has 0 aromatic heterocycles. The van der Waals surface area contributed by atoms with Crippen molar-refractivity contribution >= 4 is 11.8 Å². The lowest BCUT2D eigenvalue weighted by Gasteiger charge is -2.39. The van der Waals surface area contributed by atoms with Gasteiger partial charge >= 0.3 is 0 Å². The first-order valence-corrected chi connectivity index (χ1v) is 9.62. The molecule has 6 nitrogen and oxygen atoms in total. The van der Waals surface area contributed by atoms with Crippen molar-refractivity contribution in [2.24, 2.45) is 11.8 Å². The van der Waals surface area contributed by atoms with Crippen molar-refractivity contribution in [1.82, 2.24) is 10.6 Å². The summed E-state index contributed by atoms with van der Waals surface area (Å²) in [5.74, 6) is -0.370. The summed E-state index contributed by atoms with van der Waals surface area (Å²) in [7, 11) is 0. The zero-order valence-corrected chi connectivity index (χ0v) is 15.4. The minimum absolute atomic E-state index is 0.0121. The minimum Gasteiger partial charge on any atom is -0.381 e. The molecule has 0 unspecified atom stereocenters. The maximum absolute atomic E-state index is 13.6. The van der Waals surface area contributed by atoms with E-state index in [2.05, 4.69) is 10.6 Å². The Morgan fingerprint density at radius 2 is 1.81 bits per heavy atom. The van der Waals surface area contributed by atoms with Gasteiger partial charge in [-0.1, -0.05) is 12.1 Å². The van der Waals surface area contributed by atoms with Crippen LogP contribution >= 0.6 is 0 Å². The van der Waals surface area contributed by atoms with Crippen LogP contribution in [0.5, 0.6) is 0 Å². The fourth-order valence-electron chi connectivity index (χ4n) is 3.86. The van der Waals surface area contributed by atoms with Crippen LogP contribution in [0.25, 0.3) is 0 Å². The van der Waals surface area contributed by atoms with Gasteiger partial charge in [0.15, 0.2) is 0 Å². The number of rotatable bonds is 6. The van der Waals surface area contributed by atoms with Gasteiger partial charge in [0.2, 0.25) is 5.91 Å². The lowest BCUT2D eigenvalue weighted by Crippen LogP contribution is -2.49. The van der Waals surface area contributed by atoms with Crippen molar-refractivity contribution in [3.8, 4) is 0 Å². The predicted octanol–water partition coefficient (Wildman–Crippen LogP) is 1.89. The molecule has 0 bridgehead atoms. The van der Waals surface area contributed by atoms with Gasteiger partial charge in [-0.05, 0) is 37.3 Å². The van der Waals surface area contributed by atoms with E-state index < -0.39 is 11.7 Å². The first-order chi connectivity index (χ1) is 13.1. The van der Waals surface area contributed by atoms with Crippen LogP contribution in [0.4, 0.5) is 4.39 Å². The summed E-state index contributed by atoms with van der Waals surface area (Å²) in [5.41, 5.74) is -0.0121. The van der Waals surface area contributed by atoms with Crippen molar-refractivity contribution in [2.45, 2.75) is 31.7 Å². The summed E-state index contributed by atoms with van der Waals surface area (Å²) in [6.45, 7) is 3.02. The molecule has 2 atom stereocenters. The second-order valence-electron chi connectivity index (χ2n) is 7.14. The molecule has 0 radical (unpaired) electrons. The number of nitrogens with one attached hydrogen (secondary N) is 2. The monoisotopic (exact) mass is 378 g/mol. The molecule has 2 amide bonds. The summed E-state index contributed by atoms with van der Waals surface area (Å²) in [4.78, 5) is 24.3. The topological polar surface area (TPSA) is 76.7 Å². The molecular weight excluding hydrogens is 351 g/mol. The maximum Gasteiger partial charge on any atom is 0.254 e. The zero-order valence-electron chi connectivity index (χ0n) is 15.4. The Hall–Kier alpha value is -1.99. The number of hydrogen-bond donors (Lipinski definition) is 2. The molecule has 2 saturated heterocycles. The Balaban J connectivity index is 1.45. The fourth-order valence-corrected chi connectivity index (χ4v) is 3.86. The first-order valence-electron chi connectivity index (χ1n) is 9.62. The van der Waals surface area contributed by atoms with Crippen molar-refractivity contribution < 1.29 is 23.5 Å². The molecule has 7 heteroatoms. The molecule has 1 aromatic rings. The van der Waals surface area contributed by atoms with Crippen molar-refractivity contribution in [1.29, 1.82) is 0 Å². The van der Waals surface area contributed by atoms with Crippen LogP contribution in [-0.2, 0) is 14.3 Å². The second-order valence-corrected chi connectivity index (χ2v) is 7.14. The van der Waals surface area contributed by atoms with E-state index in [9.17, 15) is 14.0 Å². The van der Waals surface area contributed by atoms with E-state index in [1.54, 1.807) is 6.07 Å². The van der Waals surface area contributed by atoms with E-state index >= 15 is 0 Å². The standard InChI is InChI=1S/C20H27FN2O4/c21-17-4-2-1-3-15(17)20(25)22-9-5-19(24)23-18-8-12-27-13-16(18)14-6-10-26-11-7-14/h1-4,14,16,18H,5-13H2,(H,22,25)(H,23,24)/t16-,18-/m1/s1. The third kappa shape index (κ3) is 5.49. The summed E-state index contributed by atoms with van der Waals surface area (Å²) < 4.78 is 24.7. The average molecular weight is 378 g/mol. The number of carbonyl (C=O) groups excluding carboxylic acids is 2. The molecule has 2 heterocycles. The van der Waals surface area contributed by atoms with Crippen LogP contribution < -0.4 is 10.6 Å². The van der Waals surface area contributed by atoms with Crippen molar-refractivity contribution in [3.63, 3.8) is 0 Å². The Morgan fingerprint density at radius 1 is 1.07 bits per heavy atom. The smallest absolute Gasteiger partial charge is 0.254 e. The van der Waals surface area contributed by atoms with E-state index in [0.717, 1.165) is 32.5 Å². The van der Waals surface area contributed by atoms with Gasteiger partial charge in [-0.2, -0.15) is 0 Å². The van der Waals surface area contributed by atoms with Crippen LogP contribution in [-0.4, -0.2) is 50.8 Å². The van der Waals surface area contributed by atoms with E-state index in [-0.39, 0.29) is 30.5 Å². The lowest BCUT2D eigenvalue weighted by atomic mass is 9.79. The van der Waals surface area contributed by atoms with Crippen LogP contribution in [0.1, 0.15) is 36.0 Å². The lowest BCUT2D eigenvalue weighted by molar-refractivity contribution is -0.123. The Morgan fingerprint density at radius 3 is 2.59 bits per heavy atom. The molecule has 148 valence electrons. The fraction of sp³-hybridized carbons (Fsp3) is 0.600. The highest BCUT2D eigenvalue weighted by atomic mass is 19.1. The second kappa shape index (κ2) is 9.80. The quantitative estimate of drug-likeness (QED) is 0.793. The number of benzene rings is 1. The molecule has 1 aromatic carbocycles. The van der Waals surface area contributed by atoms with Gasteiger partial charge in [-0.3, -0.25) is 9.59 Å². The van der Waals surface area contributed by atoms with Gasteiger partial charge in [0.05, 0.1) is 12.2 Å². The number of hydrogen-bond acceptors (Lipinski definition) is 4. The number of amides is 2. The van der Waals surface area contributed by atoms with Gasteiger partial charge in [-0.25, -0.2) is 4.39 Å². The van der Waals surface area contributed by atoms with E-state index in [1.807, 2.05) is 0 Å². The van der Waals surface area contributed by atoms with E-state index in [4.69, 9.17) is 9.47 Å². The summed E-state index contributed by atoms with van der Waals surface area (Å²) in [6, 6.07) is 5.89. The largest absolute Gasteiger partial charge is 0.381 e. The average Bonchev–Trinajstić information content (AvgIpc) is 2.69. The molecule has 0 aliphatic carbocycles. The van der Waals surface area contributed by atoms with Crippen LogP contribution in [0.3, 0.4) is 0 Å². The highest BCUT2D eigenvalue weighted by molar-refractivity contribution is 5.94. The molecular formula is C20H27FN2O4. The summed E-state index contributed by atoms with van der Waals surface area (Å²) >= 11 is 0. The molecule has 27 heavy (non-hydrogen) atoms. The van der Waals surface area contributed by atoms with Gasteiger partial charge < -0.3 is 20.1 Å². The molecule has 2 aliphatic rings. The molecule has 0 saturated carbocycles. The van der Waals surface area contributed by atoms with Crippen molar-refractivity contribution in [3.05, 3.63) is 35.6 Å². The Labute approximate surface area is 158 Å². The molecule has 2 fully saturated rings. The summed E-state index contributed by atoms with van der Waals surface area (Å²) in [6.07, 6.45) is 2.96. The molecule has 2 aliphatic heterocycles. The molecule has 2 N–H and O–H groups in total. The number of halogens is 1. The predicted molar refractivity (Wildman–Crippen MR) is 97.7 cm³/mol. The summed E-state index contributed by atoms with van der Waals surface area (Å²) in [5, 5.41) is 5.71. The minimum atomic E-state index is -0.569. The Kier molecular flexibility index (Phi) is 7.18. The van der Waals surface area contributed by atoms with Gasteiger partial charge in [0, 0.05) is 44.7 Å². The third-order valence-corrected chi connectivity index (χ3v) is 5.37. The normalized spacial score (nSPS) is 23.6. The number of carbonyl (C=O) groups is 2. The molecule has 3 rings (SSSR count). The van der Waals surface area contributed by atoms with Gasteiger partial charge in [0.1, 0.15) is 5.82 Å². The first kappa shape index (κ1) is 19.8. The highest BCUT2D eigenvalue weighted by Crippen LogP contribution is 2.30. The van der Waals surface area contributed by atoms with E-state index in [0.29, 0.717) is 25.0 Å². The highest BCUT2D eigenvalue weighted by Gasteiger charge is 2.34. The SMILES string of the molecule is O=C(CCNC(=O)c1ccccc1F)N[C@@H]1CCOC[C@@H]1C1CCOCC1. The van der Waals surface area contributed by atoms with E-state index in [1.165, 1.54) is 18.2 Å². The van der Waals surface area contributed by atoms with Gasteiger partial charge in [0.25, 0.3) is 5.91 Å². The zero-order chi connectivity index (χ0) is 19.1.